The van der Waals surface area contributed by atoms with Crippen molar-refractivity contribution in [3.8, 4) is 0 Å². The number of halogens is 4. The summed E-state index contributed by atoms with van der Waals surface area (Å²) in [6.45, 7) is 0.415. The van der Waals surface area contributed by atoms with Crippen LogP contribution >= 0.6 is 45.8 Å². The number of aliphatic hydroxyl groups is 1. The van der Waals surface area contributed by atoms with Crippen LogP contribution in [-0.2, 0) is 4.84 Å². The molecule has 3 N–H and O–H groups in total. The van der Waals surface area contributed by atoms with Crippen molar-refractivity contribution in [3.05, 3.63) is 55.3 Å². The zero-order chi connectivity index (χ0) is 19.6. The van der Waals surface area contributed by atoms with Crippen LogP contribution in [0.1, 0.15) is 16.8 Å². The van der Waals surface area contributed by atoms with Gasteiger partial charge in [-0.15, -0.1) is 0 Å². The average Bonchev–Trinajstić information content (AvgIpc) is 3.38. The molecule has 5 nitrogen and oxygen atoms in total. The number of hydrogen-bond acceptors (Lipinski definition) is 4. The second-order valence-corrected chi connectivity index (χ2v) is 8.30. The standard InChI is InChI=1S/C18H16Cl2FIN2O3/c19-13-5-12(18(26)24-27-8-10-3-9(10)7-25)17(6-15(13)21)23-16-2-1-11(22)4-14(16)20/h1-2,4-6,9-10,23,25H,3,7-8H2,(H,24,26). The van der Waals surface area contributed by atoms with Gasteiger partial charge in [0.2, 0.25) is 0 Å². The van der Waals surface area contributed by atoms with Gasteiger partial charge in [0.25, 0.3) is 5.91 Å². The number of hydroxylamine groups is 1. The van der Waals surface area contributed by atoms with E-state index in [0.29, 0.717) is 17.3 Å². The minimum atomic E-state index is -0.665. The molecule has 0 bridgehead atoms. The van der Waals surface area contributed by atoms with Crippen molar-refractivity contribution in [2.24, 2.45) is 11.8 Å². The van der Waals surface area contributed by atoms with Gasteiger partial charge in [-0.25, -0.2) is 9.87 Å². The van der Waals surface area contributed by atoms with Crippen molar-refractivity contribution in [1.82, 2.24) is 5.48 Å². The van der Waals surface area contributed by atoms with Crippen LogP contribution in [0.3, 0.4) is 0 Å². The van der Waals surface area contributed by atoms with Crippen LogP contribution < -0.4 is 10.8 Å². The van der Waals surface area contributed by atoms with E-state index < -0.39 is 11.7 Å². The van der Waals surface area contributed by atoms with Crippen LogP contribution in [0, 0.1) is 21.2 Å². The molecule has 0 spiro atoms. The lowest BCUT2D eigenvalue weighted by Gasteiger charge is -2.14. The molecule has 1 aliphatic rings. The molecule has 3 rings (SSSR count). The number of anilines is 2. The summed E-state index contributed by atoms with van der Waals surface area (Å²) in [6, 6.07) is 7.67. The summed E-state index contributed by atoms with van der Waals surface area (Å²) in [4.78, 5) is 17.7. The van der Waals surface area contributed by atoms with Gasteiger partial charge in [0, 0.05) is 10.2 Å². The molecule has 1 saturated carbocycles. The fraction of sp³-hybridized carbons (Fsp3) is 0.278. The molecular weight excluding hydrogens is 509 g/mol. The highest BCUT2D eigenvalue weighted by atomic mass is 127. The molecule has 0 heterocycles. The van der Waals surface area contributed by atoms with Gasteiger partial charge in [0.1, 0.15) is 5.82 Å². The van der Waals surface area contributed by atoms with E-state index in [1.807, 2.05) is 6.07 Å². The zero-order valence-corrected chi connectivity index (χ0v) is 17.6. The number of carbonyl (C=O) groups is 1. The van der Waals surface area contributed by atoms with E-state index in [1.165, 1.54) is 6.07 Å². The number of rotatable bonds is 7. The summed E-state index contributed by atoms with van der Waals surface area (Å²) in [6.07, 6.45) is 0.868. The summed E-state index contributed by atoms with van der Waals surface area (Å²) >= 11 is 14.2. The maximum absolute atomic E-state index is 13.9. The topological polar surface area (TPSA) is 70.6 Å². The van der Waals surface area contributed by atoms with E-state index in [4.69, 9.17) is 33.1 Å². The Bertz CT molecular complexity index is 869. The molecule has 0 saturated heterocycles. The van der Waals surface area contributed by atoms with E-state index in [1.54, 1.807) is 12.1 Å². The Hall–Kier alpha value is -1.13. The summed E-state index contributed by atoms with van der Waals surface area (Å²) in [7, 11) is 0. The first-order valence-electron chi connectivity index (χ1n) is 8.13. The first-order valence-corrected chi connectivity index (χ1v) is 9.96. The van der Waals surface area contributed by atoms with Gasteiger partial charge < -0.3 is 10.4 Å². The number of nitrogens with one attached hydrogen (secondary N) is 2. The predicted molar refractivity (Wildman–Crippen MR) is 111 cm³/mol. The van der Waals surface area contributed by atoms with Crippen molar-refractivity contribution < 1.29 is 19.1 Å². The largest absolute Gasteiger partial charge is 0.396 e. The lowest BCUT2D eigenvalue weighted by atomic mass is 10.1. The monoisotopic (exact) mass is 524 g/mol. The first-order chi connectivity index (χ1) is 12.9. The Kier molecular flexibility index (Phi) is 6.80. The molecule has 1 aliphatic carbocycles. The van der Waals surface area contributed by atoms with E-state index in [2.05, 4.69) is 33.4 Å². The van der Waals surface area contributed by atoms with Crippen molar-refractivity contribution in [2.45, 2.75) is 6.42 Å². The Morgan fingerprint density at radius 2 is 2.00 bits per heavy atom. The van der Waals surface area contributed by atoms with E-state index in [0.717, 1.165) is 16.1 Å². The molecular formula is C18H16Cl2FIN2O3. The molecule has 27 heavy (non-hydrogen) atoms. The van der Waals surface area contributed by atoms with Crippen LogP contribution in [0.2, 0.25) is 10.0 Å². The van der Waals surface area contributed by atoms with Crippen LogP contribution in [-0.4, -0.2) is 24.2 Å². The summed E-state index contributed by atoms with van der Waals surface area (Å²) < 4.78 is 14.9. The van der Waals surface area contributed by atoms with Gasteiger partial charge in [0.15, 0.2) is 0 Å². The molecule has 2 unspecified atom stereocenters. The van der Waals surface area contributed by atoms with Crippen LogP contribution in [0.5, 0.6) is 0 Å². The van der Waals surface area contributed by atoms with Crippen molar-refractivity contribution in [2.75, 3.05) is 18.5 Å². The van der Waals surface area contributed by atoms with E-state index >= 15 is 0 Å². The third kappa shape index (κ3) is 5.23. The first kappa shape index (κ1) is 20.6. The molecule has 0 radical (unpaired) electrons. The van der Waals surface area contributed by atoms with Crippen LogP contribution in [0.15, 0.2) is 30.3 Å². The highest BCUT2D eigenvalue weighted by molar-refractivity contribution is 14.1. The smallest absolute Gasteiger partial charge is 0.277 e. The molecule has 1 fully saturated rings. The molecule has 0 aliphatic heterocycles. The third-order valence-corrected chi connectivity index (χ3v) is 5.54. The fourth-order valence-corrected chi connectivity index (χ4v) is 3.65. The second-order valence-electron chi connectivity index (χ2n) is 6.24. The minimum absolute atomic E-state index is 0.111. The number of carbonyl (C=O) groups excluding carboxylic acids is 1. The Balaban J connectivity index is 1.75. The number of aliphatic hydroxyl groups excluding tert-OH is 1. The molecule has 2 aromatic rings. The van der Waals surface area contributed by atoms with Gasteiger partial charge in [-0.3, -0.25) is 9.63 Å². The third-order valence-electron chi connectivity index (χ3n) is 4.27. The van der Waals surface area contributed by atoms with Crippen molar-refractivity contribution >= 4 is 63.1 Å². The number of benzene rings is 2. The van der Waals surface area contributed by atoms with Gasteiger partial charge in [-0.2, -0.15) is 0 Å². The second kappa shape index (κ2) is 8.91. The maximum Gasteiger partial charge on any atom is 0.277 e. The molecule has 144 valence electrons. The Labute approximate surface area is 179 Å². The Morgan fingerprint density at radius 1 is 1.22 bits per heavy atom. The van der Waals surface area contributed by atoms with Gasteiger partial charge in [0.05, 0.1) is 33.6 Å². The normalized spacial score (nSPS) is 18.3. The maximum atomic E-state index is 13.9. The Morgan fingerprint density at radius 3 is 2.67 bits per heavy atom. The highest BCUT2D eigenvalue weighted by Crippen LogP contribution is 2.37. The van der Waals surface area contributed by atoms with Crippen molar-refractivity contribution in [3.63, 3.8) is 0 Å². The fourth-order valence-electron chi connectivity index (χ4n) is 2.58. The van der Waals surface area contributed by atoms with Crippen LogP contribution in [0.25, 0.3) is 0 Å². The van der Waals surface area contributed by atoms with Crippen molar-refractivity contribution in [1.29, 1.82) is 0 Å². The number of hydrogen-bond donors (Lipinski definition) is 3. The minimum Gasteiger partial charge on any atom is -0.396 e. The molecule has 2 aromatic carbocycles. The van der Waals surface area contributed by atoms with E-state index in [9.17, 15) is 9.18 Å². The average molecular weight is 525 g/mol. The van der Waals surface area contributed by atoms with E-state index in [-0.39, 0.29) is 34.7 Å². The SMILES string of the molecule is O=C(NOCC1CC1CO)c1cc(Cl)c(F)cc1Nc1ccc(I)cc1Cl. The summed E-state index contributed by atoms with van der Waals surface area (Å²) in [5.74, 6) is -0.776. The van der Waals surface area contributed by atoms with Gasteiger partial charge in [-0.05, 0) is 71.2 Å². The number of amides is 1. The molecule has 2 atom stereocenters. The predicted octanol–water partition coefficient (Wildman–Crippen LogP) is 4.77. The molecule has 1 amide bonds. The summed E-state index contributed by atoms with van der Waals surface area (Å²) in [5, 5.41) is 12.2. The highest BCUT2D eigenvalue weighted by Gasteiger charge is 2.36. The summed E-state index contributed by atoms with van der Waals surface area (Å²) in [5.41, 5.74) is 3.19. The van der Waals surface area contributed by atoms with Gasteiger partial charge >= 0.3 is 0 Å². The molecule has 9 heteroatoms. The zero-order valence-electron chi connectivity index (χ0n) is 13.9. The lowest BCUT2D eigenvalue weighted by molar-refractivity contribution is 0.0248. The molecule has 0 aromatic heterocycles. The quantitative estimate of drug-likeness (QED) is 0.360. The lowest BCUT2D eigenvalue weighted by Crippen LogP contribution is -2.26. The van der Waals surface area contributed by atoms with Gasteiger partial charge in [-0.1, -0.05) is 23.2 Å². The van der Waals surface area contributed by atoms with Crippen LogP contribution in [0.4, 0.5) is 15.8 Å².